The van der Waals surface area contributed by atoms with E-state index in [0.29, 0.717) is 29.5 Å². The van der Waals surface area contributed by atoms with Gasteiger partial charge in [-0.1, -0.05) is 23.7 Å². The first-order valence-electron chi connectivity index (χ1n) is 9.95. The second-order valence-corrected chi connectivity index (χ2v) is 7.77. The normalized spacial score (nSPS) is 11.0. The summed E-state index contributed by atoms with van der Waals surface area (Å²) in [6, 6.07) is 14.2. The summed E-state index contributed by atoms with van der Waals surface area (Å²) in [6.45, 7) is 9.41. The van der Waals surface area contributed by atoms with Crippen LogP contribution >= 0.6 is 11.6 Å². The molecule has 1 N–H and O–H groups in total. The molecule has 2 aromatic carbocycles. The largest absolute Gasteiger partial charge is 0.369 e. The van der Waals surface area contributed by atoms with Gasteiger partial charge in [-0.05, 0) is 69.7 Å². The quantitative estimate of drug-likeness (QED) is 0.539. The standard InChI is InChI=1S/C23H26ClFN4O/c1-5-28(15(2)3)20-12-10-19(11-13-20)26-23(30)21-16(4)27-29(22(21)24)14-17-6-8-18(25)9-7-17/h6-13,15H,5,14H2,1-4H3,(H,26,30). The lowest BCUT2D eigenvalue weighted by Gasteiger charge is -2.27. The Morgan fingerprint density at radius 1 is 1.17 bits per heavy atom. The van der Waals surface area contributed by atoms with Crippen LogP contribution in [0.1, 0.15) is 42.4 Å². The Labute approximate surface area is 181 Å². The number of nitrogens with zero attached hydrogens (tertiary/aromatic N) is 3. The van der Waals surface area contributed by atoms with Crippen molar-refractivity contribution in [2.45, 2.75) is 40.3 Å². The van der Waals surface area contributed by atoms with E-state index in [1.54, 1.807) is 23.7 Å². The fourth-order valence-electron chi connectivity index (χ4n) is 3.45. The van der Waals surface area contributed by atoms with Gasteiger partial charge in [0.15, 0.2) is 0 Å². The summed E-state index contributed by atoms with van der Waals surface area (Å²) in [7, 11) is 0. The third-order valence-corrected chi connectivity index (χ3v) is 5.34. The van der Waals surface area contributed by atoms with Gasteiger partial charge in [-0.2, -0.15) is 5.10 Å². The minimum Gasteiger partial charge on any atom is -0.369 e. The van der Waals surface area contributed by atoms with Crippen LogP contribution in [-0.2, 0) is 6.54 Å². The number of carbonyl (C=O) groups excluding carboxylic acids is 1. The van der Waals surface area contributed by atoms with Gasteiger partial charge in [0.25, 0.3) is 5.91 Å². The highest BCUT2D eigenvalue weighted by molar-refractivity contribution is 6.33. The van der Waals surface area contributed by atoms with Gasteiger partial charge in [-0.25, -0.2) is 9.07 Å². The van der Waals surface area contributed by atoms with Crippen molar-refractivity contribution in [1.29, 1.82) is 0 Å². The third kappa shape index (κ3) is 4.82. The summed E-state index contributed by atoms with van der Waals surface area (Å²) in [4.78, 5) is 15.1. The van der Waals surface area contributed by atoms with Gasteiger partial charge in [0.1, 0.15) is 11.0 Å². The lowest BCUT2D eigenvalue weighted by Crippen LogP contribution is -2.30. The molecule has 0 saturated carbocycles. The molecule has 1 amide bonds. The Balaban J connectivity index is 1.75. The summed E-state index contributed by atoms with van der Waals surface area (Å²) in [6.07, 6.45) is 0. The van der Waals surface area contributed by atoms with Crippen LogP contribution in [0.2, 0.25) is 5.15 Å². The van der Waals surface area contributed by atoms with Crippen LogP contribution in [0.5, 0.6) is 0 Å². The zero-order chi connectivity index (χ0) is 21.8. The predicted molar refractivity (Wildman–Crippen MR) is 120 cm³/mol. The monoisotopic (exact) mass is 428 g/mol. The summed E-state index contributed by atoms with van der Waals surface area (Å²) >= 11 is 6.45. The second-order valence-electron chi connectivity index (χ2n) is 7.42. The molecule has 0 spiro atoms. The van der Waals surface area contributed by atoms with E-state index in [9.17, 15) is 9.18 Å². The van der Waals surface area contributed by atoms with Crippen molar-refractivity contribution in [3.8, 4) is 0 Å². The van der Waals surface area contributed by atoms with Crippen molar-refractivity contribution >= 4 is 28.9 Å². The van der Waals surface area contributed by atoms with Crippen LogP contribution in [0, 0.1) is 12.7 Å². The lowest BCUT2D eigenvalue weighted by molar-refractivity contribution is 0.102. The molecule has 1 heterocycles. The SMILES string of the molecule is CCN(c1ccc(NC(=O)c2c(C)nn(Cc3ccc(F)cc3)c2Cl)cc1)C(C)C. The summed E-state index contributed by atoms with van der Waals surface area (Å²) < 4.78 is 14.7. The van der Waals surface area contributed by atoms with E-state index >= 15 is 0 Å². The van der Waals surface area contributed by atoms with Crippen LogP contribution in [0.15, 0.2) is 48.5 Å². The zero-order valence-electron chi connectivity index (χ0n) is 17.6. The topological polar surface area (TPSA) is 50.2 Å². The molecule has 0 aliphatic heterocycles. The number of aryl methyl sites for hydroxylation is 1. The van der Waals surface area contributed by atoms with Crippen molar-refractivity contribution in [3.63, 3.8) is 0 Å². The molecule has 158 valence electrons. The molecule has 0 atom stereocenters. The van der Waals surface area contributed by atoms with Gasteiger partial charge in [-0.15, -0.1) is 0 Å². The molecule has 3 aromatic rings. The molecule has 5 nitrogen and oxygen atoms in total. The number of benzene rings is 2. The molecular weight excluding hydrogens is 403 g/mol. The average Bonchev–Trinajstić information content (AvgIpc) is 2.98. The summed E-state index contributed by atoms with van der Waals surface area (Å²) in [5, 5.41) is 7.53. The molecule has 0 bridgehead atoms. The molecule has 0 unspecified atom stereocenters. The van der Waals surface area contributed by atoms with Crippen LogP contribution in [-0.4, -0.2) is 28.3 Å². The molecule has 30 heavy (non-hydrogen) atoms. The number of amides is 1. The van der Waals surface area contributed by atoms with E-state index in [1.165, 1.54) is 12.1 Å². The molecule has 0 saturated heterocycles. The third-order valence-electron chi connectivity index (χ3n) is 4.96. The maximum atomic E-state index is 13.1. The Bertz CT molecular complexity index is 1010. The number of aromatic nitrogens is 2. The minimum absolute atomic E-state index is 0.253. The number of nitrogens with one attached hydrogen (secondary N) is 1. The molecule has 0 fully saturated rings. The fourth-order valence-corrected chi connectivity index (χ4v) is 3.77. The summed E-state index contributed by atoms with van der Waals surface area (Å²) in [5.74, 6) is -0.616. The van der Waals surface area contributed by atoms with Crippen molar-refractivity contribution in [2.75, 3.05) is 16.8 Å². The number of rotatable bonds is 7. The van der Waals surface area contributed by atoms with Crippen molar-refractivity contribution in [1.82, 2.24) is 9.78 Å². The average molecular weight is 429 g/mol. The fraction of sp³-hybridized carbons (Fsp3) is 0.304. The van der Waals surface area contributed by atoms with Crippen molar-refractivity contribution < 1.29 is 9.18 Å². The molecule has 0 radical (unpaired) electrons. The van der Waals surface area contributed by atoms with E-state index in [1.807, 2.05) is 24.3 Å². The Kier molecular flexibility index (Phi) is 6.77. The minimum atomic E-state index is -0.313. The first-order chi connectivity index (χ1) is 14.3. The maximum Gasteiger partial charge on any atom is 0.260 e. The highest BCUT2D eigenvalue weighted by atomic mass is 35.5. The summed E-state index contributed by atoms with van der Waals surface area (Å²) in [5.41, 5.74) is 3.50. The van der Waals surface area contributed by atoms with Crippen LogP contribution < -0.4 is 10.2 Å². The second kappa shape index (κ2) is 9.30. The first kappa shape index (κ1) is 21.8. The van der Waals surface area contributed by atoms with Gasteiger partial charge < -0.3 is 10.2 Å². The Morgan fingerprint density at radius 2 is 1.80 bits per heavy atom. The highest BCUT2D eigenvalue weighted by Gasteiger charge is 2.21. The molecule has 1 aromatic heterocycles. The van der Waals surface area contributed by atoms with Crippen LogP contribution in [0.3, 0.4) is 0 Å². The van der Waals surface area contributed by atoms with Gasteiger partial charge >= 0.3 is 0 Å². The van der Waals surface area contributed by atoms with Gasteiger partial charge in [-0.3, -0.25) is 4.79 Å². The van der Waals surface area contributed by atoms with Crippen LogP contribution in [0.25, 0.3) is 0 Å². The van der Waals surface area contributed by atoms with Gasteiger partial charge in [0.05, 0.1) is 17.8 Å². The molecular formula is C23H26ClFN4O. The number of hydrogen-bond donors (Lipinski definition) is 1. The molecule has 0 aliphatic carbocycles. The van der Waals surface area contributed by atoms with Gasteiger partial charge in [0, 0.05) is 24.0 Å². The van der Waals surface area contributed by atoms with E-state index in [2.05, 4.69) is 36.1 Å². The van der Waals surface area contributed by atoms with Gasteiger partial charge in [0.2, 0.25) is 0 Å². The maximum absolute atomic E-state index is 13.1. The van der Waals surface area contributed by atoms with Crippen molar-refractivity contribution in [2.24, 2.45) is 0 Å². The van der Waals surface area contributed by atoms with E-state index in [-0.39, 0.29) is 16.9 Å². The van der Waals surface area contributed by atoms with E-state index in [4.69, 9.17) is 11.6 Å². The molecule has 7 heteroatoms. The Morgan fingerprint density at radius 3 is 2.37 bits per heavy atom. The molecule has 3 rings (SSSR count). The number of anilines is 2. The van der Waals surface area contributed by atoms with Crippen molar-refractivity contribution in [3.05, 3.63) is 76.3 Å². The predicted octanol–water partition coefficient (Wildman–Crippen LogP) is 5.52. The van der Waals surface area contributed by atoms with E-state index in [0.717, 1.165) is 17.8 Å². The Hall–Kier alpha value is -2.86. The smallest absolute Gasteiger partial charge is 0.260 e. The molecule has 0 aliphatic rings. The number of halogens is 2. The van der Waals surface area contributed by atoms with Crippen LogP contribution in [0.4, 0.5) is 15.8 Å². The number of carbonyl (C=O) groups is 1. The van der Waals surface area contributed by atoms with E-state index < -0.39 is 0 Å². The lowest BCUT2D eigenvalue weighted by atomic mass is 10.2. The first-order valence-corrected chi connectivity index (χ1v) is 10.3. The highest BCUT2D eigenvalue weighted by Crippen LogP contribution is 2.24. The number of hydrogen-bond acceptors (Lipinski definition) is 3. The zero-order valence-corrected chi connectivity index (χ0v) is 18.4.